The van der Waals surface area contributed by atoms with Crippen LogP contribution in [0.4, 0.5) is 13.2 Å². The number of rotatable bonds is 4. The Balaban J connectivity index is 1.16. The summed E-state index contributed by atoms with van der Waals surface area (Å²) in [6.07, 6.45) is 1.46. The monoisotopic (exact) mass is 464 g/mol. The number of hydrogen-bond donors (Lipinski definition) is 0. The molecule has 172 valence electrons. The normalized spacial score (nSPS) is 36.4. The minimum Gasteiger partial charge on any atom is -0.300 e. The first-order valence-electron chi connectivity index (χ1n) is 11.5. The van der Waals surface area contributed by atoms with E-state index in [4.69, 9.17) is 0 Å². The molecule has 5 nitrogen and oxygen atoms in total. The van der Waals surface area contributed by atoms with Gasteiger partial charge in [-0.1, -0.05) is 0 Å². The van der Waals surface area contributed by atoms with Gasteiger partial charge in [0.15, 0.2) is 0 Å². The Bertz CT molecular complexity index is 1060. The van der Waals surface area contributed by atoms with Gasteiger partial charge in [0, 0.05) is 76.4 Å². The lowest BCUT2D eigenvalue weighted by molar-refractivity contribution is -0.137. The predicted octanol–water partition coefficient (Wildman–Crippen LogP) is 3.93. The van der Waals surface area contributed by atoms with E-state index < -0.39 is 22.5 Å². The van der Waals surface area contributed by atoms with Crippen molar-refractivity contribution in [3.8, 4) is 11.3 Å². The maximum atomic E-state index is 13.1. The molecule has 32 heavy (non-hydrogen) atoms. The molecule has 0 amide bonds. The maximum Gasteiger partial charge on any atom is 0.417 e. The van der Waals surface area contributed by atoms with Gasteiger partial charge < -0.3 is 0 Å². The fourth-order valence-corrected chi connectivity index (χ4v) is 8.29. The summed E-state index contributed by atoms with van der Waals surface area (Å²) in [6, 6.07) is 3.74. The Kier molecular flexibility index (Phi) is 4.64. The highest BCUT2D eigenvalue weighted by Crippen LogP contribution is 2.64. The average molecular weight is 465 g/mol. The van der Waals surface area contributed by atoms with Gasteiger partial charge in [0.05, 0.1) is 11.3 Å². The molecule has 2 saturated carbocycles. The van der Waals surface area contributed by atoms with Crippen LogP contribution in [0.5, 0.6) is 0 Å². The molecule has 0 radical (unpaired) electrons. The molecule has 9 heteroatoms. The Hall–Kier alpha value is -1.74. The number of aryl methyl sites for hydroxylation is 1. The third kappa shape index (κ3) is 3.34. The molecule has 1 spiro atoms. The highest BCUT2D eigenvalue weighted by atomic mass is 32.2. The SMILES string of the molecule is CCn1nc(-c2cncc(C(F)(F)F)c2)cc1C1C2CC(N3CCC4(C3)CS(=O)C4)CC21. The molecule has 4 heterocycles. The first kappa shape index (κ1) is 20.8. The van der Waals surface area contributed by atoms with Gasteiger partial charge in [-0.15, -0.1) is 0 Å². The van der Waals surface area contributed by atoms with Crippen molar-refractivity contribution in [1.82, 2.24) is 19.7 Å². The summed E-state index contributed by atoms with van der Waals surface area (Å²) < 4.78 is 52.9. The maximum absolute atomic E-state index is 13.1. The molecular weight excluding hydrogens is 437 g/mol. The van der Waals surface area contributed by atoms with Crippen molar-refractivity contribution in [1.29, 1.82) is 0 Å². The van der Waals surface area contributed by atoms with Gasteiger partial charge in [-0.25, -0.2) is 0 Å². The van der Waals surface area contributed by atoms with Crippen LogP contribution in [0.25, 0.3) is 11.3 Å². The summed E-state index contributed by atoms with van der Waals surface area (Å²) in [7, 11) is -0.594. The summed E-state index contributed by atoms with van der Waals surface area (Å²) in [5.41, 5.74) is 1.72. The van der Waals surface area contributed by atoms with Crippen LogP contribution in [0.2, 0.25) is 0 Å². The molecule has 2 aliphatic heterocycles. The first-order valence-corrected chi connectivity index (χ1v) is 12.9. The summed E-state index contributed by atoms with van der Waals surface area (Å²) >= 11 is 0. The minimum absolute atomic E-state index is 0.325. The quantitative estimate of drug-likeness (QED) is 0.688. The highest BCUT2D eigenvalue weighted by Gasteiger charge is 2.60. The number of alkyl halides is 3. The summed E-state index contributed by atoms with van der Waals surface area (Å²) in [4.78, 5) is 6.43. The number of aromatic nitrogens is 3. The zero-order chi connectivity index (χ0) is 22.3. The fourth-order valence-electron chi connectivity index (χ4n) is 6.54. The van der Waals surface area contributed by atoms with Crippen molar-refractivity contribution in [2.45, 2.75) is 50.9 Å². The topological polar surface area (TPSA) is 51.0 Å². The number of hydrogen-bond acceptors (Lipinski definition) is 4. The summed E-state index contributed by atoms with van der Waals surface area (Å²) in [6.45, 7) is 4.96. The molecule has 2 aromatic rings. The molecule has 4 fully saturated rings. The number of fused-ring (bicyclic) bond motifs is 1. The molecule has 4 aliphatic rings. The smallest absolute Gasteiger partial charge is 0.300 e. The second-order valence-corrected chi connectivity index (χ2v) is 11.6. The van der Waals surface area contributed by atoms with Crippen molar-refractivity contribution in [2.75, 3.05) is 24.6 Å². The van der Waals surface area contributed by atoms with E-state index in [9.17, 15) is 17.4 Å². The number of nitrogens with zero attached hydrogens (tertiary/aromatic N) is 4. The highest BCUT2D eigenvalue weighted by molar-refractivity contribution is 7.86. The van der Waals surface area contributed by atoms with Crippen LogP contribution in [0.3, 0.4) is 0 Å². The van der Waals surface area contributed by atoms with E-state index in [0.29, 0.717) is 47.0 Å². The van der Waals surface area contributed by atoms with E-state index >= 15 is 0 Å². The van der Waals surface area contributed by atoms with Gasteiger partial charge in [0.2, 0.25) is 0 Å². The first-order chi connectivity index (χ1) is 15.3. The van der Waals surface area contributed by atoms with Crippen LogP contribution in [0, 0.1) is 17.3 Å². The third-order valence-electron chi connectivity index (χ3n) is 8.15. The van der Waals surface area contributed by atoms with E-state index in [1.807, 2.05) is 17.7 Å². The van der Waals surface area contributed by atoms with Gasteiger partial charge >= 0.3 is 6.18 Å². The van der Waals surface area contributed by atoms with E-state index in [1.54, 1.807) is 0 Å². The van der Waals surface area contributed by atoms with E-state index in [0.717, 1.165) is 42.6 Å². The molecule has 0 N–H and O–H groups in total. The van der Waals surface area contributed by atoms with Crippen LogP contribution >= 0.6 is 0 Å². The van der Waals surface area contributed by atoms with Crippen molar-refractivity contribution >= 4 is 10.8 Å². The van der Waals surface area contributed by atoms with Crippen LogP contribution in [-0.4, -0.2) is 54.5 Å². The number of pyridine rings is 1. The predicted molar refractivity (Wildman–Crippen MR) is 115 cm³/mol. The Labute approximate surface area is 187 Å². The molecule has 0 aromatic carbocycles. The summed E-state index contributed by atoms with van der Waals surface area (Å²) in [5, 5.41) is 4.62. The molecule has 2 aromatic heterocycles. The van der Waals surface area contributed by atoms with E-state index in [-0.39, 0.29) is 0 Å². The van der Waals surface area contributed by atoms with Gasteiger partial charge in [0.1, 0.15) is 0 Å². The molecular formula is C23H27F3N4OS. The van der Waals surface area contributed by atoms with Gasteiger partial charge in [-0.2, -0.15) is 18.3 Å². The fraction of sp³-hybridized carbons (Fsp3) is 0.652. The second kappa shape index (κ2) is 7.13. The molecule has 0 bridgehead atoms. The van der Waals surface area contributed by atoms with Crippen LogP contribution in [0.1, 0.15) is 43.4 Å². The molecule has 2 atom stereocenters. The van der Waals surface area contributed by atoms with Crippen molar-refractivity contribution in [3.63, 3.8) is 0 Å². The lowest BCUT2D eigenvalue weighted by Gasteiger charge is -2.38. The van der Waals surface area contributed by atoms with Crippen LogP contribution in [-0.2, 0) is 23.5 Å². The Morgan fingerprint density at radius 3 is 2.59 bits per heavy atom. The van der Waals surface area contributed by atoms with Gasteiger partial charge in [-0.05, 0) is 56.7 Å². The lowest BCUT2D eigenvalue weighted by Crippen LogP contribution is -2.47. The molecule has 2 unspecified atom stereocenters. The summed E-state index contributed by atoms with van der Waals surface area (Å²) in [5.74, 6) is 3.51. The molecule has 2 saturated heterocycles. The van der Waals surface area contributed by atoms with Gasteiger partial charge in [0.25, 0.3) is 0 Å². The number of halogens is 3. The minimum atomic E-state index is -4.41. The van der Waals surface area contributed by atoms with E-state index in [2.05, 4.69) is 15.0 Å². The van der Waals surface area contributed by atoms with E-state index in [1.165, 1.54) is 25.5 Å². The van der Waals surface area contributed by atoms with Crippen molar-refractivity contribution in [3.05, 3.63) is 35.8 Å². The van der Waals surface area contributed by atoms with Gasteiger partial charge in [-0.3, -0.25) is 18.8 Å². The largest absolute Gasteiger partial charge is 0.417 e. The average Bonchev–Trinajstić information content (AvgIpc) is 3.19. The standard InChI is InChI=1S/C23H27F3N4OS/c1-2-30-20(8-19(28-30)14-5-15(10-27-9-14)23(24,25)26)21-17-6-16(7-18(17)21)29-4-3-22(11-29)12-32(31)13-22/h5,8-10,16-18,21H,2-4,6-7,11-13H2,1H3. The number of likely N-dealkylation sites (tertiary alicyclic amines) is 1. The molecule has 2 aliphatic carbocycles. The Morgan fingerprint density at radius 2 is 1.94 bits per heavy atom. The molecule has 6 rings (SSSR count). The van der Waals surface area contributed by atoms with Crippen LogP contribution in [0.15, 0.2) is 24.5 Å². The van der Waals surface area contributed by atoms with Crippen molar-refractivity contribution in [2.24, 2.45) is 17.3 Å². The third-order valence-corrected chi connectivity index (χ3v) is 10.0. The zero-order valence-electron chi connectivity index (χ0n) is 18.0. The zero-order valence-corrected chi connectivity index (χ0v) is 18.8. The van der Waals surface area contributed by atoms with Crippen molar-refractivity contribution < 1.29 is 17.4 Å². The lowest BCUT2D eigenvalue weighted by atomic mass is 9.91. The Morgan fingerprint density at radius 1 is 1.19 bits per heavy atom. The second-order valence-electron chi connectivity index (χ2n) is 10.2. The van der Waals surface area contributed by atoms with Crippen LogP contribution < -0.4 is 0 Å².